The molecule has 0 saturated carbocycles. The SMILES string of the molecule is CC(=O)N[C@@H](C)c1ccncc1. The molecule has 0 radical (unpaired) electrons. The van der Waals surface area contributed by atoms with Crippen LogP contribution in [0.3, 0.4) is 0 Å². The van der Waals surface area contributed by atoms with Crippen molar-refractivity contribution in [2.24, 2.45) is 0 Å². The molecule has 3 nitrogen and oxygen atoms in total. The first-order chi connectivity index (χ1) is 5.70. The van der Waals surface area contributed by atoms with Crippen molar-refractivity contribution in [1.82, 2.24) is 10.3 Å². The summed E-state index contributed by atoms with van der Waals surface area (Å²) in [5, 5.41) is 2.79. The minimum absolute atomic E-state index is 0.0145. The molecule has 1 amide bonds. The van der Waals surface area contributed by atoms with E-state index in [0.29, 0.717) is 0 Å². The maximum atomic E-state index is 10.7. The van der Waals surface area contributed by atoms with E-state index >= 15 is 0 Å². The van der Waals surface area contributed by atoms with Crippen LogP contribution < -0.4 is 5.32 Å². The number of aromatic nitrogens is 1. The smallest absolute Gasteiger partial charge is 0.217 e. The summed E-state index contributed by atoms with van der Waals surface area (Å²) < 4.78 is 0. The van der Waals surface area contributed by atoms with Gasteiger partial charge in [0.15, 0.2) is 0 Å². The van der Waals surface area contributed by atoms with Gasteiger partial charge in [0.05, 0.1) is 6.04 Å². The Hall–Kier alpha value is -1.38. The van der Waals surface area contributed by atoms with Crippen LogP contribution in [0.15, 0.2) is 24.5 Å². The van der Waals surface area contributed by atoms with E-state index in [1.807, 2.05) is 19.1 Å². The molecule has 0 unspecified atom stereocenters. The molecule has 1 rings (SSSR count). The Morgan fingerprint density at radius 2 is 2.08 bits per heavy atom. The van der Waals surface area contributed by atoms with E-state index in [4.69, 9.17) is 0 Å². The van der Waals surface area contributed by atoms with Crippen molar-refractivity contribution in [2.75, 3.05) is 0 Å². The maximum Gasteiger partial charge on any atom is 0.217 e. The summed E-state index contributed by atoms with van der Waals surface area (Å²) in [7, 11) is 0. The number of nitrogens with zero attached hydrogens (tertiary/aromatic N) is 1. The van der Waals surface area contributed by atoms with Crippen LogP contribution in [0.4, 0.5) is 0 Å². The van der Waals surface area contributed by atoms with Gasteiger partial charge >= 0.3 is 0 Å². The second-order valence-electron chi connectivity index (χ2n) is 2.70. The Kier molecular flexibility index (Phi) is 2.80. The second kappa shape index (κ2) is 3.85. The van der Waals surface area contributed by atoms with Crippen molar-refractivity contribution < 1.29 is 4.79 Å². The molecule has 0 aliphatic rings. The topological polar surface area (TPSA) is 42.0 Å². The number of amides is 1. The van der Waals surface area contributed by atoms with Crippen molar-refractivity contribution in [1.29, 1.82) is 0 Å². The Balaban J connectivity index is 2.65. The molecule has 1 heterocycles. The number of nitrogens with one attached hydrogen (secondary N) is 1. The number of carbonyl (C=O) groups excluding carboxylic acids is 1. The third-order valence-electron chi connectivity index (χ3n) is 1.63. The quantitative estimate of drug-likeness (QED) is 0.715. The van der Waals surface area contributed by atoms with Crippen LogP contribution >= 0.6 is 0 Å². The van der Waals surface area contributed by atoms with Crippen LogP contribution in [-0.2, 0) is 4.79 Å². The normalized spacial score (nSPS) is 12.2. The highest BCUT2D eigenvalue weighted by Gasteiger charge is 2.04. The van der Waals surface area contributed by atoms with Crippen molar-refractivity contribution in [3.05, 3.63) is 30.1 Å². The molecular formula is C9H12N2O. The van der Waals surface area contributed by atoms with Gasteiger partial charge in [0, 0.05) is 19.3 Å². The number of rotatable bonds is 2. The Morgan fingerprint density at radius 3 is 2.58 bits per heavy atom. The molecule has 64 valence electrons. The van der Waals surface area contributed by atoms with E-state index in [2.05, 4.69) is 10.3 Å². The molecule has 0 bridgehead atoms. The second-order valence-corrected chi connectivity index (χ2v) is 2.70. The third kappa shape index (κ3) is 2.34. The molecule has 0 aromatic carbocycles. The van der Waals surface area contributed by atoms with Gasteiger partial charge in [-0.2, -0.15) is 0 Å². The summed E-state index contributed by atoms with van der Waals surface area (Å²) in [5.41, 5.74) is 1.07. The van der Waals surface area contributed by atoms with Gasteiger partial charge in [-0.1, -0.05) is 0 Å². The molecule has 12 heavy (non-hydrogen) atoms. The molecule has 0 aliphatic carbocycles. The molecule has 1 N–H and O–H groups in total. The van der Waals surface area contributed by atoms with Gasteiger partial charge in [-0.3, -0.25) is 9.78 Å². The third-order valence-corrected chi connectivity index (χ3v) is 1.63. The van der Waals surface area contributed by atoms with E-state index in [1.54, 1.807) is 12.4 Å². The summed E-state index contributed by atoms with van der Waals surface area (Å²) in [6, 6.07) is 3.84. The highest BCUT2D eigenvalue weighted by Crippen LogP contribution is 2.09. The number of hydrogen-bond acceptors (Lipinski definition) is 2. The summed E-state index contributed by atoms with van der Waals surface area (Å²) in [4.78, 5) is 14.6. The van der Waals surface area contributed by atoms with Gasteiger partial charge in [-0.25, -0.2) is 0 Å². The molecule has 3 heteroatoms. The van der Waals surface area contributed by atoms with Crippen LogP contribution in [0.1, 0.15) is 25.5 Å². The fourth-order valence-corrected chi connectivity index (χ4v) is 1.04. The van der Waals surface area contributed by atoms with Crippen molar-refractivity contribution in [2.45, 2.75) is 19.9 Å². The van der Waals surface area contributed by atoms with Gasteiger partial charge in [0.25, 0.3) is 0 Å². The molecule has 0 aliphatic heterocycles. The van der Waals surface area contributed by atoms with Gasteiger partial charge in [0.2, 0.25) is 5.91 Å². The standard InChI is InChI=1S/C9H12N2O/c1-7(11-8(2)12)9-3-5-10-6-4-9/h3-7H,1-2H3,(H,11,12)/t7-/m0/s1. The monoisotopic (exact) mass is 164 g/mol. The molecule has 0 spiro atoms. The summed E-state index contributed by atoms with van der Waals surface area (Å²) in [6.07, 6.45) is 3.43. The molecular weight excluding hydrogens is 152 g/mol. The Labute approximate surface area is 71.8 Å². The average molecular weight is 164 g/mol. The predicted octanol–water partition coefficient (Wildman–Crippen LogP) is 1.28. The van der Waals surface area contributed by atoms with E-state index in [1.165, 1.54) is 6.92 Å². The van der Waals surface area contributed by atoms with Crippen molar-refractivity contribution in [3.63, 3.8) is 0 Å². The summed E-state index contributed by atoms with van der Waals surface area (Å²) >= 11 is 0. The number of pyridine rings is 1. The Morgan fingerprint density at radius 1 is 1.50 bits per heavy atom. The largest absolute Gasteiger partial charge is 0.350 e. The molecule has 1 aromatic rings. The lowest BCUT2D eigenvalue weighted by molar-refractivity contribution is -0.119. The Bertz CT molecular complexity index is 258. The first-order valence-electron chi connectivity index (χ1n) is 3.87. The van der Waals surface area contributed by atoms with E-state index < -0.39 is 0 Å². The molecule has 1 aromatic heterocycles. The molecule has 0 saturated heterocycles. The zero-order chi connectivity index (χ0) is 8.97. The maximum absolute atomic E-state index is 10.7. The number of carbonyl (C=O) groups is 1. The zero-order valence-corrected chi connectivity index (χ0v) is 7.24. The molecule has 0 fully saturated rings. The van der Waals surface area contributed by atoms with Gasteiger partial charge in [-0.15, -0.1) is 0 Å². The van der Waals surface area contributed by atoms with E-state index in [9.17, 15) is 4.79 Å². The zero-order valence-electron chi connectivity index (χ0n) is 7.24. The van der Waals surface area contributed by atoms with Gasteiger partial charge < -0.3 is 5.32 Å². The van der Waals surface area contributed by atoms with E-state index in [-0.39, 0.29) is 11.9 Å². The predicted molar refractivity (Wildman–Crippen MR) is 46.5 cm³/mol. The minimum Gasteiger partial charge on any atom is -0.350 e. The average Bonchev–Trinajstić information content (AvgIpc) is 2.05. The fourth-order valence-electron chi connectivity index (χ4n) is 1.04. The first-order valence-corrected chi connectivity index (χ1v) is 3.87. The minimum atomic E-state index is -0.0145. The lowest BCUT2D eigenvalue weighted by Gasteiger charge is -2.11. The lowest BCUT2D eigenvalue weighted by atomic mass is 10.1. The van der Waals surface area contributed by atoms with Crippen molar-refractivity contribution >= 4 is 5.91 Å². The van der Waals surface area contributed by atoms with Crippen molar-refractivity contribution in [3.8, 4) is 0 Å². The van der Waals surface area contributed by atoms with Gasteiger partial charge in [0.1, 0.15) is 0 Å². The van der Waals surface area contributed by atoms with Crippen LogP contribution in [-0.4, -0.2) is 10.9 Å². The van der Waals surface area contributed by atoms with Crippen LogP contribution in [0.5, 0.6) is 0 Å². The lowest BCUT2D eigenvalue weighted by Crippen LogP contribution is -2.23. The van der Waals surface area contributed by atoms with Crippen LogP contribution in [0, 0.1) is 0 Å². The molecule has 1 atom stereocenters. The first kappa shape index (κ1) is 8.71. The highest BCUT2D eigenvalue weighted by atomic mass is 16.1. The summed E-state index contributed by atoms with van der Waals surface area (Å²) in [5.74, 6) is -0.0145. The van der Waals surface area contributed by atoms with Crippen LogP contribution in [0.25, 0.3) is 0 Å². The number of hydrogen-bond donors (Lipinski definition) is 1. The summed E-state index contributed by atoms with van der Waals surface area (Å²) in [6.45, 7) is 3.45. The van der Waals surface area contributed by atoms with E-state index in [0.717, 1.165) is 5.56 Å². The highest BCUT2D eigenvalue weighted by molar-refractivity contribution is 5.73. The fraction of sp³-hybridized carbons (Fsp3) is 0.333. The van der Waals surface area contributed by atoms with Gasteiger partial charge in [-0.05, 0) is 24.6 Å². The van der Waals surface area contributed by atoms with Crippen LogP contribution in [0.2, 0.25) is 0 Å².